The second-order valence-corrected chi connectivity index (χ2v) is 20.7. The van der Waals surface area contributed by atoms with Gasteiger partial charge in [-0.1, -0.05) is 49.8 Å². The third kappa shape index (κ3) is 10.4. The summed E-state index contributed by atoms with van der Waals surface area (Å²) >= 11 is 8.15. The summed E-state index contributed by atoms with van der Waals surface area (Å²) in [6.07, 6.45) is -5.54. The molecule has 3 aliphatic rings. The number of rotatable bonds is 11. The number of nitrogens with zero attached hydrogens (tertiary/aromatic N) is 3. The molecule has 0 radical (unpaired) electrons. The number of nitrogens with one attached hydrogen (secondary N) is 3. The third-order valence-corrected chi connectivity index (χ3v) is 15.7. The summed E-state index contributed by atoms with van der Waals surface area (Å²) in [5, 5.41) is 9.49. The first-order valence-corrected chi connectivity index (χ1v) is 24.2. The van der Waals surface area contributed by atoms with Crippen LogP contribution in [-0.2, 0) is 25.1 Å². The molecule has 4 N–H and O–H groups in total. The summed E-state index contributed by atoms with van der Waals surface area (Å²) in [6.45, 7) is 3.63. The molecule has 2 aliphatic heterocycles. The maximum atomic E-state index is 14.9. The molecule has 2 aromatic heterocycles. The molecule has 0 bridgehead atoms. The van der Waals surface area contributed by atoms with E-state index in [9.17, 15) is 45.8 Å². The highest BCUT2D eigenvalue weighted by Gasteiger charge is 2.66. The Morgan fingerprint density at radius 2 is 1.77 bits per heavy atom. The van der Waals surface area contributed by atoms with E-state index >= 15 is 0 Å². The Bertz CT molecular complexity index is 2440. The van der Waals surface area contributed by atoms with E-state index in [1.165, 1.54) is 18.4 Å². The lowest BCUT2D eigenvalue weighted by atomic mass is 10.0. The fraction of sp³-hybridized carbons (Fsp3) is 0.512. The van der Waals surface area contributed by atoms with Crippen molar-refractivity contribution in [1.29, 1.82) is 0 Å². The van der Waals surface area contributed by atoms with Gasteiger partial charge in [0.1, 0.15) is 63.7 Å². The maximum Gasteiger partial charge on any atom is 0.397 e. The van der Waals surface area contributed by atoms with Crippen LogP contribution < -0.4 is 25.4 Å². The van der Waals surface area contributed by atoms with Crippen molar-refractivity contribution in [2.24, 2.45) is 5.92 Å². The largest absolute Gasteiger partial charge is 0.495 e. The van der Waals surface area contributed by atoms with Gasteiger partial charge >= 0.3 is 6.18 Å². The Morgan fingerprint density at radius 1 is 1.06 bits per heavy atom. The van der Waals surface area contributed by atoms with Crippen molar-refractivity contribution in [2.75, 3.05) is 19.0 Å². The van der Waals surface area contributed by atoms with Crippen molar-refractivity contribution >= 4 is 64.1 Å². The minimum Gasteiger partial charge on any atom is -0.495 e. The molecule has 21 heteroatoms. The van der Waals surface area contributed by atoms with Crippen molar-refractivity contribution in [3.05, 3.63) is 64.0 Å². The first-order valence-electron chi connectivity index (χ1n) is 21.1. The number of thiazole rings is 1. The Kier molecular flexibility index (Phi) is 14.1. The number of anilines is 1. The molecule has 3 fully saturated rings. The number of carbonyl (C=O) groups is 3. The van der Waals surface area contributed by atoms with E-state index in [0.29, 0.717) is 71.7 Å². The molecule has 6 atom stereocenters. The van der Waals surface area contributed by atoms with Crippen molar-refractivity contribution < 1.29 is 55.3 Å². The number of alkyl halides is 3. The number of ether oxygens (including phenoxy) is 2. The molecule has 7 rings (SSSR count). The number of aromatic nitrogens is 2. The normalized spacial score (nSPS) is 24.2. The van der Waals surface area contributed by atoms with Gasteiger partial charge in [-0.25, -0.2) is 18.7 Å². The summed E-state index contributed by atoms with van der Waals surface area (Å²) in [5.74, 6) is -5.17. The summed E-state index contributed by atoms with van der Waals surface area (Å²) in [4.78, 5) is 64.3. The molecular formula is C43H49ClF5N6O7PS. The van der Waals surface area contributed by atoms with Gasteiger partial charge in [0.2, 0.25) is 25.1 Å². The number of carbonyl (C=O) groups excluding carboxylic acids is 3. The topological polar surface area (TPSA) is 172 Å². The summed E-state index contributed by atoms with van der Waals surface area (Å²) < 4.78 is 96.4. The van der Waals surface area contributed by atoms with Crippen molar-refractivity contribution in [1.82, 2.24) is 25.5 Å². The molecule has 1 unspecified atom stereocenters. The molecule has 13 nitrogen and oxygen atoms in total. The highest BCUT2D eigenvalue weighted by atomic mass is 35.5. The SMILES string of the molecule is COc1ccc2c(O[C@@H]3C[C@H]4C(=O)N[C@]5(P(=O)(O)Cc6c(F)cccc6F)C[C@H]5CCCCCCC[C@H](NC(=O)CC(F)(F)F)C(=O)N4C3)cc(-c3csc(NC(C)C)n3)nc2c1Cl. The Morgan fingerprint density at radius 3 is 2.45 bits per heavy atom. The minimum absolute atomic E-state index is 0.0224. The van der Waals surface area contributed by atoms with Crippen LogP contribution in [0.2, 0.25) is 5.02 Å². The predicted molar refractivity (Wildman–Crippen MR) is 231 cm³/mol. The van der Waals surface area contributed by atoms with Crippen LogP contribution in [0.5, 0.6) is 11.5 Å². The van der Waals surface area contributed by atoms with Gasteiger partial charge in [-0.3, -0.25) is 18.9 Å². The van der Waals surface area contributed by atoms with Crippen LogP contribution in [-0.4, -0.2) is 86.8 Å². The van der Waals surface area contributed by atoms with Gasteiger partial charge in [-0.15, -0.1) is 11.3 Å². The molecule has 0 spiro atoms. The fourth-order valence-corrected chi connectivity index (χ4v) is 12.3. The number of pyridine rings is 1. The first-order chi connectivity index (χ1) is 30.3. The average Bonchev–Trinajstić information content (AvgIpc) is 3.49. The molecule has 2 saturated heterocycles. The highest BCUT2D eigenvalue weighted by Crippen LogP contribution is 2.71. The lowest BCUT2D eigenvalue weighted by molar-refractivity contribution is -0.156. The van der Waals surface area contributed by atoms with E-state index in [1.807, 2.05) is 13.8 Å². The summed E-state index contributed by atoms with van der Waals surface area (Å²) in [7, 11) is -3.21. The van der Waals surface area contributed by atoms with Crippen LogP contribution in [0.4, 0.5) is 27.1 Å². The molecule has 4 heterocycles. The van der Waals surface area contributed by atoms with Crippen LogP contribution >= 0.6 is 30.3 Å². The quantitative estimate of drug-likeness (QED) is 0.0841. The van der Waals surface area contributed by atoms with E-state index in [-0.39, 0.29) is 42.6 Å². The zero-order valence-electron chi connectivity index (χ0n) is 35.3. The Balaban J connectivity index is 1.26. The molecule has 2 aromatic carbocycles. The number of halogens is 6. The first kappa shape index (κ1) is 47.4. The van der Waals surface area contributed by atoms with E-state index < -0.39 is 90.4 Å². The zero-order chi connectivity index (χ0) is 46.1. The van der Waals surface area contributed by atoms with E-state index in [1.54, 1.807) is 23.6 Å². The lowest BCUT2D eigenvalue weighted by Crippen LogP contribution is -2.55. The molecular weight excluding hydrogens is 906 g/mol. The van der Waals surface area contributed by atoms with Gasteiger partial charge in [-0.2, -0.15) is 13.2 Å². The summed E-state index contributed by atoms with van der Waals surface area (Å²) in [6, 6.07) is 5.20. The fourth-order valence-electron chi connectivity index (χ4n) is 8.67. The zero-order valence-corrected chi connectivity index (χ0v) is 37.7. The van der Waals surface area contributed by atoms with Gasteiger partial charge in [0.15, 0.2) is 5.13 Å². The Hall–Kier alpha value is -4.58. The van der Waals surface area contributed by atoms with Gasteiger partial charge < -0.3 is 35.2 Å². The Labute approximate surface area is 375 Å². The van der Waals surface area contributed by atoms with Gasteiger partial charge in [0.25, 0.3) is 0 Å². The van der Waals surface area contributed by atoms with Crippen molar-refractivity contribution in [3.63, 3.8) is 0 Å². The van der Waals surface area contributed by atoms with E-state index in [2.05, 4.69) is 20.9 Å². The van der Waals surface area contributed by atoms with Crippen LogP contribution in [0.3, 0.4) is 0 Å². The number of benzene rings is 2. The second-order valence-electron chi connectivity index (χ2n) is 16.9. The van der Waals surface area contributed by atoms with Gasteiger partial charge in [0.05, 0.1) is 31.0 Å². The predicted octanol–water partition coefficient (Wildman–Crippen LogP) is 8.95. The van der Waals surface area contributed by atoms with Crippen LogP contribution in [0.25, 0.3) is 22.3 Å². The molecule has 64 heavy (non-hydrogen) atoms. The maximum absolute atomic E-state index is 14.9. The van der Waals surface area contributed by atoms with E-state index in [4.69, 9.17) is 26.1 Å². The monoisotopic (exact) mass is 954 g/mol. The molecule has 346 valence electrons. The third-order valence-electron chi connectivity index (χ3n) is 11.9. The van der Waals surface area contributed by atoms with Crippen LogP contribution in [0, 0.1) is 17.6 Å². The molecule has 1 aliphatic carbocycles. The number of hydrogen-bond acceptors (Lipinski definition) is 10. The van der Waals surface area contributed by atoms with Crippen LogP contribution in [0.1, 0.15) is 83.6 Å². The highest BCUT2D eigenvalue weighted by molar-refractivity contribution is 7.59. The average molecular weight is 955 g/mol. The molecule has 1 saturated carbocycles. The number of amides is 3. The second kappa shape index (κ2) is 19.1. The number of fused-ring (bicyclic) bond motifs is 3. The molecule has 3 amide bonds. The van der Waals surface area contributed by atoms with Crippen LogP contribution in [0.15, 0.2) is 41.8 Å². The smallest absolute Gasteiger partial charge is 0.397 e. The molecule has 4 aromatic rings. The van der Waals surface area contributed by atoms with Gasteiger partial charge in [0, 0.05) is 34.9 Å². The number of hydrogen-bond donors (Lipinski definition) is 4. The lowest BCUT2D eigenvalue weighted by Gasteiger charge is -2.31. The minimum atomic E-state index is -4.86. The summed E-state index contributed by atoms with van der Waals surface area (Å²) in [5.41, 5.74) is 0.541. The van der Waals surface area contributed by atoms with Gasteiger partial charge in [-0.05, 0) is 63.3 Å². The van der Waals surface area contributed by atoms with E-state index in [0.717, 1.165) is 23.1 Å². The standard InChI is InChI=1S/C43H49ClF5N6O7PS/c1-23(2)50-41-53-32(22-64-41)31-17-35(26-14-15-34(61-3)37(44)38(26)52-31)62-25-16-33-39(57)54-42(63(59,60)21-27-28(45)11-9-12-29(27)46)18-24(42)10-7-5-4-6-8-13-30(40(58)55(33)20-25)51-36(56)19-43(47,48)49/h9,11-12,14-15,17,22-25,30,33H,4-8,10,13,16,18-21H2,1-3H3,(H,50,53)(H,51,56)(H,54,57)(H,59,60)/t24-,25-,30+,33+,42+/m1/s1. The van der Waals surface area contributed by atoms with Crippen molar-refractivity contribution in [2.45, 2.75) is 120 Å². The number of methoxy groups -OCH3 is 1. The van der Waals surface area contributed by atoms with Crippen molar-refractivity contribution in [3.8, 4) is 22.9 Å².